The van der Waals surface area contributed by atoms with Gasteiger partial charge in [-0.1, -0.05) is 19.3 Å². The number of carbonyl (C=O) groups is 1. The highest BCUT2D eigenvalue weighted by atomic mass is 16.3. The number of hydrogen-bond donors (Lipinski definition) is 2. The van der Waals surface area contributed by atoms with Gasteiger partial charge < -0.3 is 15.3 Å². The Bertz CT molecular complexity index is 300. The average Bonchev–Trinajstić information content (AvgIpc) is 2.47. The fraction of sp³-hybridized carbons (Fsp3) is 0.938. The topological polar surface area (TPSA) is 52.6 Å². The van der Waals surface area contributed by atoms with Crippen LogP contribution in [0.3, 0.4) is 0 Å². The zero-order chi connectivity index (χ0) is 14.4. The lowest BCUT2D eigenvalue weighted by Gasteiger charge is -2.40. The summed E-state index contributed by atoms with van der Waals surface area (Å²) in [5, 5.41) is 13.1. The van der Waals surface area contributed by atoms with Crippen molar-refractivity contribution in [1.82, 2.24) is 10.2 Å². The summed E-state index contributed by atoms with van der Waals surface area (Å²) in [7, 11) is 0. The van der Waals surface area contributed by atoms with Crippen LogP contribution < -0.4 is 5.32 Å². The number of piperidine rings is 1. The van der Waals surface area contributed by atoms with Crippen molar-refractivity contribution in [2.24, 2.45) is 5.41 Å². The van der Waals surface area contributed by atoms with Crippen molar-refractivity contribution in [2.45, 2.75) is 64.3 Å². The standard InChI is InChI=1S/C16H30N2O2/c1-14(20)18-10-5-15(6-11-18)17-13-16(9-12-19)7-3-2-4-8-16/h15,17,19H,2-13H2,1H3. The highest BCUT2D eigenvalue weighted by molar-refractivity contribution is 5.73. The molecule has 0 atom stereocenters. The van der Waals surface area contributed by atoms with Crippen LogP contribution in [-0.4, -0.2) is 48.2 Å². The van der Waals surface area contributed by atoms with E-state index in [4.69, 9.17) is 0 Å². The van der Waals surface area contributed by atoms with Crippen molar-refractivity contribution in [3.63, 3.8) is 0 Å². The summed E-state index contributed by atoms with van der Waals surface area (Å²) in [5.41, 5.74) is 0.324. The van der Waals surface area contributed by atoms with E-state index in [-0.39, 0.29) is 5.91 Å². The first-order chi connectivity index (χ1) is 9.65. The molecule has 2 rings (SSSR count). The molecule has 0 aromatic rings. The smallest absolute Gasteiger partial charge is 0.219 e. The predicted octanol–water partition coefficient (Wildman–Crippen LogP) is 1.92. The second-order valence-corrected chi connectivity index (χ2v) is 6.70. The van der Waals surface area contributed by atoms with Gasteiger partial charge in [-0.05, 0) is 37.5 Å². The summed E-state index contributed by atoms with van der Waals surface area (Å²) >= 11 is 0. The summed E-state index contributed by atoms with van der Waals surface area (Å²) < 4.78 is 0. The average molecular weight is 282 g/mol. The Labute approximate surface area is 122 Å². The second kappa shape index (κ2) is 7.41. The Morgan fingerprint density at radius 1 is 1.25 bits per heavy atom. The first-order valence-corrected chi connectivity index (χ1v) is 8.25. The van der Waals surface area contributed by atoms with Crippen molar-refractivity contribution < 1.29 is 9.90 Å². The maximum absolute atomic E-state index is 11.3. The lowest BCUT2D eigenvalue weighted by Crippen LogP contribution is -2.47. The van der Waals surface area contributed by atoms with E-state index in [0.717, 1.165) is 38.9 Å². The third kappa shape index (κ3) is 4.19. The third-order valence-electron chi connectivity index (χ3n) is 5.26. The highest BCUT2D eigenvalue weighted by Crippen LogP contribution is 2.38. The highest BCUT2D eigenvalue weighted by Gasteiger charge is 2.32. The maximum atomic E-state index is 11.3. The predicted molar refractivity (Wildman–Crippen MR) is 80.5 cm³/mol. The molecule has 4 nitrogen and oxygen atoms in total. The molecule has 1 amide bonds. The number of nitrogens with zero attached hydrogens (tertiary/aromatic N) is 1. The van der Waals surface area contributed by atoms with Gasteiger partial charge in [0.25, 0.3) is 0 Å². The Balaban J connectivity index is 1.77. The Kier molecular flexibility index (Phi) is 5.85. The minimum atomic E-state index is 0.201. The fourth-order valence-electron chi connectivity index (χ4n) is 3.81. The van der Waals surface area contributed by atoms with Crippen molar-refractivity contribution in [3.8, 4) is 0 Å². The van der Waals surface area contributed by atoms with E-state index in [1.165, 1.54) is 32.1 Å². The first kappa shape index (κ1) is 15.8. The molecule has 1 saturated heterocycles. The van der Waals surface area contributed by atoms with Crippen LogP contribution in [-0.2, 0) is 4.79 Å². The van der Waals surface area contributed by atoms with Crippen molar-refractivity contribution >= 4 is 5.91 Å². The Hall–Kier alpha value is -0.610. The number of aliphatic hydroxyl groups excluding tert-OH is 1. The molecule has 116 valence electrons. The lowest BCUT2D eigenvalue weighted by atomic mass is 9.71. The van der Waals surface area contributed by atoms with Crippen LogP contribution in [0.15, 0.2) is 0 Å². The Morgan fingerprint density at radius 3 is 2.45 bits per heavy atom. The summed E-state index contributed by atoms with van der Waals surface area (Å²) in [4.78, 5) is 13.3. The van der Waals surface area contributed by atoms with Gasteiger partial charge in [-0.25, -0.2) is 0 Å². The molecule has 1 heterocycles. The molecule has 4 heteroatoms. The molecule has 0 spiro atoms. The number of amides is 1. The van der Waals surface area contributed by atoms with Crippen molar-refractivity contribution in [1.29, 1.82) is 0 Å². The van der Waals surface area contributed by atoms with E-state index in [0.29, 0.717) is 18.1 Å². The summed E-state index contributed by atoms with van der Waals surface area (Å²) in [6.07, 6.45) is 9.55. The van der Waals surface area contributed by atoms with Gasteiger partial charge in [-0.15, -0.1) is 0 Å². The third-order valence-corrected chi connectivity index (χ3v) is 5.26. The van der Waals surface area contributed by atoms with Crippen LogP contribution >= 0.6 is 0 Å². The largest absolute Gasteiger partial charge is 0.396 e. The van der Waals surface area contributed by atoms with E-state index in [1.54, 1.807) is 6.92 Å². The van der Waals surface area contributed by atoms with E-state index >= 15 is 0 Å². The van der Waals surface area contributed by atoms with Gasteiger partial charge >= 0.3 is 0 Å². The minimum Gasteiger partial charge on any atom is -0.396 e. The van der Waals surface area contributed by atoms with E-state index in [2.05, 4.69) is 5.32 Å². The van der Waals surface area contributed by atoms with Crippen molar-refractivity contribution in [3.05, 3.63) is 0 Å². The fourth-order valence-corrected chi connectivity index (χ4v) is 3.81. The molecule has 2 aliphatic rings. The second-order valence-electron chi connectivity index (χ2n) is 6.70. The summed E-state index contributed by atoms with van der Waals surface area (Å²) in [6, 6.07) is 0.545. The molecular weight excluding hydrogens is 252 g/mol. The Morgan fingerprint density at radius 2 is 1.90 bits per heavy atom. The van der Waals surface area contributed by atoms with Gasteiger partial charge in [0.1, 0.15) is 0 Å². The molecule has 2 N–H and O–H groups in total. The molecule has 0 unspecified atom stereocenters. The normalized spacial score (nSPS) is 23.8. The molecular formula is C16H30N2O2. The van der Waals surface area contributed by atoms with Gasteiger partial charge in [0.15, 0.2) is 0 Å². The number of carbonyl (C=O) groups excluding carboxylic acids is 1. The monoisotopic (exact) mass is 282 g/mol. The number of likely N-dealkylation sites (tertiary alicyclic amines) is 1. The summed E-state index contributed by atoms with van der Waals surface area (Å²) in [5.74, 6) is 0.201. The quantitative estimate of drug-likeness (QED) is 0.810. The van der Waals surface area contributed by atoms with Gasteiger partial charge in [-0.2, -0.15) is 0 Å². The van der Waals surface area contributed by atoms with Crippen LogP contribution in [0.5, 0.6) is 0 Å². The number of hydrogen-bond acceptors (Lipinski definition) is 3. The molecule has 1 aliphatic carbocycles. The van der Waals surface area contributed by atoms with Crippen LogP contribution in [0.25, 0.3) is 0 Å². The first-order valence-electron chi connectivity index (χ1n) is 8.25. The van der Waals surface area contributed by atoms with Gasteiger partial charge in [-0.3, -0.25) is 4.79 Å². The summed E-state index contributed by atoms with van der Waals surface area (Å²) in [6.45, 7) is 4.79. The van der Waals surface area contributed by atoms with Crippen LogP contribution in [0.1, 0.15) is 58.3 Å². The molecule has 0 aromatic carbocycles. The van der Waals surface area contributed by atoms with E-state index < -0.39 is 0 Å². The van der Waals surface area contributed by atoms with Gasteiger partial charge in [0.2, 0.25) is 5.91 Å². The number of aliphatic hydroxyl groups is 1. The minimum absolute atomic E-state index is 0.201. The van der Waals surface area contributed by atoms with Crippen molar-refractivity contribution in [2.75, 3.05) is 26.2 Å². The van der Waals surface area contributed by atoms with E-state index in [9.17, 15) is 9.90 Å². The molecule has 20 heavy (non-hydrogen) atoms. The van der Waals surface area contributed by atoms with Gasteiger partial charge in [0.05, 0.1) is 0 Å². The molecule has 1 aliphatic heterocycles. The number of rotatable bonds is 5. The molecule has 2 fully saturated rings. The number of nitrogens with one attached hydrogen (secondary N) is 1. The van der Waals surface area contributed by atoms with E-state index in [1.807, 2.05) is 4.90 Å². The molecule has 0 aromatic heterocycles. The molecule has 1 saturated carbocycles. The van der Waals surface area contributed by atoms with Gasteiger partial charge in [0, 0.05) is 39.2 Å². The molecule has 0 radical (unpaired) electrons. The SMILES string of the molecule is CC(=O)N1CCC(NCC2(CCO)CCCCC2)CC1. The molecule has 0 bridgehead atoms. The maximum Gasteiger partial charge on any atom is 0.219 e. The van der Waals surface area contributed by atoms with Crippen LogP contribution in [0, 0.1) is 5.41 Å². The zero-order valence-corrected chi connectivity index (χ0v) is 12.9. The van der Waals surface area contributed by atoms with Crippen LogP contribution in [0.4, 0.5) is 0 Å². The lowest BCUT2D eigenvalue weighted by molar-refractivity contribution is -0.129. The van der Waals surface area contributed by atoms with Crippen LogP contribution in [0.2, 0.25) is 0 Å². The zero-order valence-electron chi connectivity index (χ0n) is 12.9.